The number of aromatic nitrogens is 4. The Kier molecular flexibility index (Phi) is 3.99. The number of hydrogen-bond acceptors (Lipinski definition) is 6. The van der Waals surface area contributed by atoms with Crippen LogP contribution in [-0.2, 0) is 0 Å². The molecule has 68 valence electrons. The topological polar surface area (TPSA) is 63.6 Å². The molecule has 0 bridgehead atoms. The zero-order valence-electron chi connectivity index (χ0n) is 7.19. The van der Waals surface area contributed by atoms with E-state index in [-0.39, 0.29) is 0 Å². The number of rotatable bonds is 4. The van der Waals surface area contributed by atoms with Crippen molar-refractivity contribution in [3.05, 3.63) is 0 Å². The third kappa shape index (κ3) is 3.25. The lowest BCUT2D eigenvalue weighted by Gasteiger charge is -1.99. The molecule has 0 saturated heterocycles. The molecule has 1 rings (SSSR count). The zero-order chi connectivity index (χ0) is 9.52. The maximum atomic E-state index is 5.07. The van der Waals surface area contributed by atoms with E-state index < -0.39 is 0 Å². The maximum absolute atomic E-state index is 5.07. The first-order valence-electron chi connectivity index (χ1n) is 3.65. The summed E-state index contributed by atoms with van der Waals surface area (Å²) >= 11 is 1.40. The Balaban J connectivity index is 2.45. The Morgan fingerprint density at radius 3 is 2.62 bits per heavy atom. The molecule has 0 fully saturated rings. The molecule has 0 aliphatic carbocycles. The van der Waals surface area contributed by atoms with E-state index in [1.807, 2.05) is 6.26 Å². The van der Waals surface area contributed by atoms with Gasteiger partial charge in [-0.05, 0) is 6.26 Å². The quantitative estimate of drug-likeness (QED) is 0.427. The van der Waals surface area contributed by atoms with E-state index in [0.29, 0.717) is 24.1 Å². The lowest BCUT2D eigenvalue weighted by Crippen LogP contribution is -2.07. The fourth-order valence-electron chi connectivity index (χ4n) is 0.619. The fraction of sp³-hybridized carbons (Fsp3) is 0.429. The van der Waals surface area contributed by atoms with E-state index in [0.717, 1.165) is 0 Å². The van der Waals surface area contributed by atoms with Crippen LogP contribution in [0.2, 0.25) is 0 Å². The van der Waals surface area contributed by atoms with E-state index in [1.165, 1.54) is 11.8 Å². The fourth-order valence-corrected chi connectivity index (χ4v) is 0.864. The molecule has 0 aliphatic rings. The molecule has 0 aromatic carbocycles. The first kappa shape index (κ1) is 9.74. The second-order valence-corrected chi connectivity index (χ2v) is 2.86. The Morgan fingerprint density at radius 1 is 1.38 bits per heavy atom. The van der Waals surface area contributed by atoms with Crippen LogP contribution in [0.5, 0.6) is 0 Å². The van der Waals surface area contributed by atoms with Gasteiger partial charge in [-0.2, -0.15) is 0 Å². The van der Waals surface area contributed by atoms with E-state index in [1.54, 1.807) is 0 Å². The van der Waals surface area contributed by atoms with Gasteiger partial charge in [0.05, 0.1) is 0 Å². The summed E-state index contributed by atoms with van der Waals surface area (Å²) in [6, 6.07) is 0. The molecule has 0 saturated carbocycles. The number of nitrogens with zero attached hydrogens (tertiary/aromatic N) is 4. The summed E-state index contributed by atoms with van der Waals surface area (Å²) in [6.07, 6.45) is 7.57. The van der Waals surface area contributed by atoms with Crippen LogP contribution in [0, 0.1) is 12.3 Å². The van der Waals surface area contributed by atoms with E-state index in [2.05, 4.69) is 31.6 Å². The highest BCUT2D eigenvalue weighted by molar-refractivity contribution is 7.98. The van der Waals surface area contributed by atoms with Gasteiger partial charge in [-0.25, -0.2) is 0 Å². The second kappa shape index (κ2) is 5.32. The normalized spacial score (nSPS) is 9.23. The lowest BCUT2D eigenvalue weighted by molar-refractivity contribution is 0.748. The SMILES string of the molecule is C#CCCNc1nnc(SC)nn1. The molecule has 0 unspecified atom stereocenters. The predicted octanol–water partition coefficient (Wildman–Crippen LogP) is 0.424. The molecule has 0 amide bonds. The van der Waals surface area contributed by atoms with Crippen LogP contribution in [0.25, 0.3) is 0 Å². The Labute approximate surface area is 80.7 Å². The molecule has 0 spiro atoms. The van der Waals surface area contributed by atoms with Crippen LogP contribution in [0.1, 0.15) is 6.42 Å². The van der Waals surface area contributed by atoms with Gasteiger partial charge in [0.25, 0.3) is 5.95 Å². The summed E-state index contributed by atoms with van der Waals surface area (Å²) < 4.78 is 0. The Morgan fingerprint density at radius 2 is 2.08 bits per heavy atom. The highest BCUT2D eigenvalue weighted by Gasteiger charge is 1.97. The molecule has 0 atom stereocenters. The van der Waals surface area contributed by atoms with Crippen LogP contribution in [0.4, 0.5) is 5.95 Å². The summed E-state index contributed by atoms with van der Waals surface area (Å²) in [6.45, 7) is 0.637. The summed E-state index contributed by atoms with van der Waals surface area (Å²) in [7, 11) is 0. The van der Waals surface area contributed by atoms with Crippen molar-refractivity contribution in [2.24, 2.45) is 0 Å². The number of hydrogen-bond donors (Lipinski definition) is 1. The van der Waals surface area contributed by atoms with Gasteiger partial charge in [-0.15, -0.1) is 32.7 Å². The van der Waals surface area contributed by atoms with Crippen molar-refractivity contribution in [2.75, 3.05) is 18.1 Å². The van der Waals surface area contributed by atoms with E-state index in [9.17, 15) is 0 Å². The molecule has 1 N–H and O–H groups in total. The van der Waals surface area contributed by atoms with Gasteiger partial charge in [0.2, 0.25) is 5.16 Å². The van der Waals surface area contributed by atoms with Crippen molar-refractivity contribution >= 4 is 17.7 Å². The maximum Gasteiger partial charge on any atom is 0.262 e. The predicted molar refractivity (Wildman–Crippen MR) is 51.3 cm³/mol. The van der Waals surface area contributed by atoms with Gasteiger partial charge in [-0.1, -0.05) is 11.8 Å². The second-order valence-electron chi connectivity index (χ2n) is 2.09. The number of nitrogens with one attached hydrogen (secondary N) is 1. The minimum atomic E-state index is 0.410. The molecule has 1 aromatic heterocycles. The van der Waals surface area contributed by atoms with Crippen molar-refractivity contribution in [2.45, 2.75) is 11.6 Å². The molecule has 1 aromatic rings. The van der Waals surface area contributed by atoms with E-state index >= 15 is 0 Å². The van der Waals surface area contributed by atoms with Gasteiger partial charge in [0.1, 0.15) is 0 Å². The Bertz CT molecular complexity index is 291. The summed E-state index contributed by atoms with van der Waals surface area (Å²) in [4.78, 5) is 0. The lowest BCUT2D eigenvalue weighted by atomic mass is 10.4. The highest BCUT2D eigenvalue weighted by atomic mass is 32.2. The molecule has 0 radical (unpaired) electrons. The third-order valence-electron chi connectivity index (χ3n) is 1.20. The minimum absolute atomic E-state index is 0.410. The molecule has 6 heteroatoms. The molecule has 1 heterocycles. The Hall–Kier alpha value is -1.35. The van der Waals surface area contributed by atoms with Crippen LogP contribution in [0.3, 0.4) is 0 Å². The van der Waals surface area contributed by atoms with Gasteiger partial charge in [-0.3, -0.25) is 0 Å². The molecule has 0 aliphatic heterocycles. The number of terminal acetylenes is 1. The average Bonchev–Trinajstić information content (AvgIpc) is 2.19. The number of anilines is 1. The molecular formula is C7H9N5S. The van der Waals surface area contributed by atoms with Gasteiger partial charge in [0.15, 0.2) is 0 Å². The third-order valence-corrected chi connectivity index (χ3v) is 1.72. The monoisotopic (exact) mass is 195 g/mol. The highest BCUT2D eigenvalue weighted by Crippen LogP contribution is 2.04. The van der Waals surface area contributed by atoms with E-state index in [4.69, 9.17) is 6.42 Å². The zero-order valence-corrected chi connectivity index (χ0v) is 8.01. The van der Waals surface area contributed by atoms with Crippen molar-refractivity contribution < 1.29 is 0 Å². The summed E-state index contributed by atoms with van der Waals surface area (Å²) in [5.74, 6) is 2.91. The van der Waals surface area contributed by atoms with Crippen LogP contribution in [0.15, 0.2) is 5.16 Å². The molecule has 13 heavy (non-hydrogen) atoms. The summed E-state index contributed by atoms with van der Waals surface area (Å²) in [5.41, 5.74) is 0. The van der Waals surface area contributed by atoms with Gasteiger partial charge < -0.3 is 5.32 Å². The minimum Gasteiger partial charge on any atom is -0.351 e. The van der Waals surface area contributed by atoms with Gasteiger partial charge in [0, 0.05) is 13.0 Å². The summed E-state index contributed by atoms with van der Waals surface area (Å²) in [5, 5.41) is 18.7. The van der Waals surface area contributed by atoms with Crippen molar-refractivity contribution in [1.29, 1.82) is 0 Å². The molecular weight excluding hydrogens is 186 g/mol. The average molecular weight is 195 g/mol. The largest absolute Gasteiger partial charge is 0.351 e. The van der Waals surface area contributed by atoms with Crippen molar-refractivity contribution in [1.82, 2.24) is 20.4 Å². The van der Waals surface area contributed by atoms with Crippen molar-refractivity contribution in [3.8, 4) is 12.3 Å². The first-order valence-corrected chi connectivity index (χ1v) is 4.88. The molecule has 5 nitrogen and oxygen atoms in total. The number of thioether (sulfide) groups is 1. The standard InChI is InChI=1S/C7H9N5S/c1-3-4-5-8-6-9-11-7(13-2)12-10-6/h1H,4-5H2,2H3,(H,8,9,10). The van der Waals surface area contributed by atoms with Crippen LogP contribution >= 0.6 is 11.8 Å². The van der Waals surface area contributed by atoms with Crippen LogP contribution in [-0.4, -0.2) is 33.2 Å². The first-order chi connectivity index (χ1) is 6.36. The van der Waals surface area contributed by atoms with Gasteiger partial charge >= 0.3 is 0 Å². The smallest absolute Gasteiger partial charge is 0.262 e. The van der Waals surface area contributed by atoms with Crippen molar-refractivity contribution in [3.63, 3.8) is 0 Å². The van der Waals surface area contributed by atoms with Crippen LogP contribution < -0.4 is 5.32 Å².